The molecule has 1 saturated heterocycles. The number of nitrogens with zero attached hydrogens (tertiary/aromatic N) is 5. The van der Waals surface area contributed by atoms with Gasteiger partial charge in [0.05, 0.1) is 5.02 Å². The molecule has 0 spiro atoms. The van der Waals surface area contributed by atoms with Crippen molar-refractivity contribution in [3.05, 3.63) is 35.1 Å². The average molecular weight is 343 g/mol. The van der Waals surface area contributed by atoms with E-state index in [4.69, 9.17) is 11.6 Å². The van der Waals surface area contributed by atoms with E-state index in [1.807, 2.05) is 31.2 Å². The molecule has 6 nitrogen and oxygen atoms in total. The van der Waals surface area contributed by atoms with E-state index in [0.717, 1.165) is 54.7 Å². The number of halogens is 1. The number of nitrogens with one attached hydrogen (secondary N) is 1. The van der Waals surface area contributed by atoms with Crippen molar-refractivity contribution in [3.63, 3.8) is 0 Å². The zero-order chi connectivity index (χ0) is 16.7. The number of H-pyrrole nitrogens is 1. The molecule has 0 amide bonds. The first-order chi connectivity index (χ1) is 11.6. The SMILES string of the molecule is Cc1nc(N2CCN(C)CC2)c2[nH]c(-c3ccccc3Cl)nc2n1. The fourth-order valence-corrected chi connectivity index (χ4v) is 3.24. The molecule has 24 heavy (non-hydrogen) atoms. The Morgan fingerprint density at radius 3 is 2.54 bits per heavy atom. The van der Waals surface area contributed by atoms with E-state index in [1.165, 1.54) is 0 Å². The van der Waals surface area contributed by atoms with Gasteiger partial charge in [0.2, 0.25) is 0 Å². The number of hydrogen-bond donors (Lipinski definition) is 1. The van der Waals surface area contributed by atoms with Gasteiger partial charge in [-0.05, 0) is 26.1 Å². The highest BCUT2D eigenvalue weighted by molar-refractivity contribution is 6.33. The number of hydrogen-bond acceptors (Lipinski definition) is 5. The Labute approximate surface area is 145 Å². The van der Waals surface area contributed by atoms with Crippen LogP contribution in [0.2, 0.25) is 5.02 Å². The van der Waals surface area contributed by atoms with E-state index in [-0.39, 0.29) is 0 Å². The minimum absolute atomic E-state index is 0.669. The van der Waals surface area contributed by atoms with Crippen molar-refractivity contribution in [2.45, 2.75) is 6.92 Å². The Hall–Kier alpha value is -2.18. The van der Waals surface area contributed by atoms with Crippen LogP contribution in [-0.4, -0.2) is 58.1 Å². The molecule has 1 N–H and O–H groups in total. The van der Waals surface area contributed by atoms with Crippen molar-refractivity contribution < 1.29 is 0 Å². The summed E-state index contributed by atoms with van der Waals surface area (Å²) in [6.07, 6.45) is 0. The van der Waals surface area contributed by atoms with E-state index < -0.39 is 0 Å². The average Bonchev–Trinajstić information content (AvgIpc) is 2.99. The van der Waals surface area contributed by atoms with Gasteiger partial charge in [-0.1, -0.05) is 23.7 Å². The Bertz CT molecular complexity index is 882. The van der Waals surface area contributed by atoms with Gasteiger partial charge in [-0.2, -0.15) is 0 Å². The van der Waals surface area contributed by atoms with Gasteiger partial charge in [-0.3, -0.25) is 0 Å². The number of aromatic amines is 1. The number of aryl methyl sites for hydroxylation is 1. The summed E-state index contributed by atoms with van der Waals surface area (Å²) < 4.78 is 0. The van der Waals surface area contributed by atoms with Crippen molar-refractivity contribution in [2.75, 3.05) is 38.1 Å². The van der Waals surface area contributed by atoms with Crippen LogP contribution in [0.1, 0.15) is 5.82 Å². The monoisotopic (exact) mass is 342 g/mol. The molecule has 1 fully saturated rings. The van der Waals surface area contributed by atoms with Crippen molar-refractivity contribution >= 4 is 28.6 Å². The van der Waals surface area contributed by atoms with E-state index in [9.17, 15) is 0 Å². The Morgan fingerprint density at radius 2 is 1.79 bits per heavy atom. The quantitative estimate of drug-likeness (QED) is 0.776. The topological polar surface area (TPSA) is 60.9 Å². The van der Waals surface area contributed by atoms with Crippen LogP contribution in [0, 0.1) is 6.92 Å². The first-order valence-corrected chi connectivity index (χ1v) is 8.42. The summed E-state index contributed by atoms with van der Waals surface area (Å²) >= 11 is 6.31. The summed E-state index contributed by atoms with van der Waals surface area (Å²) in [6.45, 7) is 5.85. The summed E-state index contributed by atoms with van der Waals surface area (Å²) in [5.74, 6) is 2.39. The molecule has 0 bridgehead atoms. The molecule has 1 aliphatic heterocycles. The van der Waals surface area contributed by atoms with Gasteiger partial charge in [0.1, 0.15) is 17.2 Å². The van der Waals surface area contributed by atoms with Crippen LogP contribution in [0.25, 0.3) is 22.6 Å². The molecule has 0 atom stereocenters. The smallest absolute Gasteiger partial charge is 0.183 e. The minimum Gasteiger partial charge on any atom is -0.352 e. The maximum atomic E-state index is 6.31. The highest BCUT2D eigenvalue weighted by Crippen LogP contribution is 2.30. The summed E-state index contributed by atoms with van der Waals surface area (Å²) in [5, 5.41) is 0.669. The molecular formula is C17H19ClN6. The molecule has 2 aromatic heterocycles. The predicted molar refractivity (Wildman–Crippen MR) is 96.6 cm³/mol. The third-order valence-electron chi connectivity index (χ3n) is 4.38. The standard InChI is InChI=1S/C17H19ClN6/c1-11-19-16-14(17(20-11)24-9-7-23(2)8-10-24)21-15(22-16)12-5-3-4-6-13(12)18/h3-6H,7-10H2,1-2H3,(H,19,20,21,22). The molecule has 1 aliphatic rings. The number of imidazole rings is 1. The third kappa shape index (κ3) is 2.72. The number of benzene rings is 1. The second-order valence-electron chi connectivity index (χ2n) is 6.15. The second-order valence-corrected chi connectivity index (χ2v) is 6.56. The lowest BCUT2D eigenvalue weighted by Gasteiger charge is -2.33. The van der Waals surface area contributed by atoms with E-state index >= 15 is 0 Å². The van der Waals surface area contributed by atoms with Crippen LogP contribution >= 0.6 is 11.6 Å². The van der Waals surface area contributed by atoms with Crippen molar-refractivity contribution in [1.82, 2.24) is 24.8 Å². The molecule has 1 aromatic carbocycles. The normalized spacial score (nSPS) is 16.0. The highest BCUT2D eigenvalue weighted by atomic mass is 35.5. The fraction of sp³-hybridized carbons (Fsp3) is 0.353. The molecule has 3 aromatic rings. The van der Waals surface area contributed by atoms with Gasteiger partial charge in [0.15, 0.2) is 11.5 Å². The number of aromatic nitrogens is 4. The zero-order valence-electron chi connectivity index (χ0n) is 13.8. The van der Waals surface area contributed by atoms with Crippen molar-refractivity contribution in [2.24, 2.45) is 0 Å². The molecular weight excluding hydrogens is 324 g/mol. The molecule has 4 rings (SSSR count). The van der Waals surface area contributed by atoms with Crippen LogP contribution in [-0.2, 0) is 0 Å². The maximum Gasteiger partial charge on any atom is 0.183 e. The molecule has 124 valence electrons. The Kier molecular flexibility index (Phi) is 3.86. The van der Waals surface area contributed by atoms with Crippen molar-refractivity contribution in [1.29, 1.82) is 0 Å². The van der Waals surface area contributed by atoms with Gasteiger partial charge in [-0.15, -0.1) is 0 Å². The van der Waals surface area contributed by atoms with Gasteiger partial charge < -0.3 is 14.8 Å². The first-order valence-electron chi connectivity index (χ1n) is 8.04. The van der Waals surface area contributed by atoms with Crippen LogP contribution in [0.3, 0.4) is 0 Å². The van der Waals surface area contributed by atoms with Gasteiger partial charge >= 0.3 is 0 Å². The first kappa shape index (κ1) is 15.4. The number of piperazine rings is 1. The van der Waals surface area contributed by atoms with Gasteiger partial charge in [0, 0.05) is 31.7 Å². The van der Waals surface area contributed by atoms with Gasteiger partial charge in [0.25, 0.3) is 0 Å². The Morgan fingerprint density at radius 1 is 1.04 bits per heavy atom. The van der Waals surface area contributed by atoms with Crippen LogP contribution < -0.4 is 4.90 Å². The minimum atomic E-state index is 0.669. The van der Waals surface area contributed by atoms with Gasteiger partial charge in [-0.25, -0.2) is 15.0 Å². The largest absolute Gasteiger partial charge is 0.352 e. The third-order valence-corrected chi connectivity index (χ3v) is 4.71. The van der Waals surface area contributed by atoms with Crippen molar-refractivity contribution in [3.8, 4) is 11.4 Å². The fourth-order valence-electron chi connectivity index (χ4n) is 3.02. The molecule has 3 heterocycles. The highest BCUT2D eigenvalue weighted by Gasteiger charge is 2.21. The Balaban J connectivity index is 1.82. The molecule has 0 unspecified atom stereocenters. The van der Waals surface area contributed by atoms with Crippen LogP contribution in [0.4, 0.5) is 5.82 Å². The van der Waals surface area contributed by atoms with E-state index in [0.29, 0.717) is 10.7 Å². The number of likely N-dealkylation sites (N-methyl/N-ethyl adjacent to an activating group) is 1. The molecule has 7 heteroatoms. The number of fused-ring (bicyclic) bond motifs is 1. The summed E-state index contributed by atoms with van der Waals surface area (Å²) in [4.78, 5) is 21.8. The lowest BCUT2D eigenvalue weighted by atomic mass is 10.2. The lowest BCUT2D eigenvalue weighted by molar-refractivity contribution is 0.312. The lowest BCUT2D eigenvalue weighted by Crippen LogP contribution is -2.45. The zero-order valence-corrected chi connectivity index (χ0v) is 14.5. The summed E-state index contributed by atoms with van der Waals surface area (Å²) in [5.41, 5.74) is 2.44. The van der Waals surface area contributed by atoms with E-state index in [2.05, 4.69) is 36.8 Å². The molecule has 0 radical (unpaired) electrons. The predicted octanol–water partition coefficient (Wildman–Crippen LogP) is 2.73. The summed E-state index contributed by atoms with van der Waals surface area (Å²) in [6, 6.07) is 7.68. The molecule has 0 aliphatic carbocycles. The number of rotatable bonds is 2. The van der Waals surface area contributed by atoms with E-state index in [1.54, 1.807) is 0 Å². The summed E-state index contributed by atoms with van der Waals surface area (Å²) in [7, 11) is 2.14. The molecule has 0 saturated carbocycles. The van der Waals surface area contributed by atoms with Crippen LogP contribution in [0.15, 0.2) is 24.3 Å². The number of anilines is 1. The van der Waals surface area contributed by atoms with Crippen LogP contribution in [0.5, 0.6) is 0 Å². The maximum absolute atomic E-state index is 6.31. The second kappa shape index (κ2) is 6.03.